The number of hydrogen-bond acceptors (Lipinski definition) is 3. The van der Waals surface area contributed by atoms with Gasteiger partial charge in [0.05, 0.1) is 18.0 Å². The van der Waals surface area contributed by atoms with Gasteiger partial charge >= 0.3 is 12.1 Å². The van der Waals surface area contributed by atoms with Crippen molar-refractivity contribution in [3.63, 3.8) is 0 Å². The number of esters is 1. The molecule has 0 aliphatic heterocycles. The Hall–Kier alpha value is -2.37. The standard InChI is InChI=1S/C28H38F3NO2/c1-3-5-7-9-10-12-22-14-19-26(32-21-22)23-15-17-25(18-16-23)34-27(33)20-24(28(29,30)31)13-11-8-6-4-2/h14-19,21,24H,3-13,20H2,1-2H3. The maximum atomic E-state index is 13.3. The fraction of sp³-hybridized carbons (Fsp3) is 0.571. The zero-order chi connectivity index (χ0) is 24.8. The molecule has 0 radical (unpaired) electrons. The lowest BCUT2D eigenvalue weighted by Gasteiger charge is -2.19. The first kappa shape index (κ1) is 27.9. The van der Waals surface area contributed by atoms with E-state index in [1.165, 1.54) is 31.2 Å². The summed E-state index contributed by atoms with van der Waals surface area (Å²) in [5.41, 5.74) is 2.87. The molecule has 1 atom stereocenters. The number of nitrogens with zero attached hydrogens (tertiary/aromatic N) is 1. The first-order valence-corrected chi connectivity index (χ1v) is 12.7. The number of unbranched alkanes of at least 4 members (excludes halogenated alkanes) is 7. The lowest BCUT2D eigenvalue weighted by Crippen LogP contribution is -2.27. The van der Waals surface area contributed by atoms with E-state index in [0.29, 0.717) is 6.42 Å². The van der Waals surface area contributed by atoms with Gasteiger partial charge in [-0.05, 0) is 55.2 Å². The van der Waals surface area contributed by atoms with Crippen molar-refractivity contribution in [2.45, 2.75) is 97.1 Å². The molecule has 6 heteroatoms. The summed E-state index contributed by atoms with van der Waals surface area (Å²) in [7, 11) is 0. The van der Waals surface area contributed by atoms with E-state index < -0.39 is 24.5 Å². The zero-order valence-electron chi connectivity index (χ0n) is 20.5. The van der Waals surface area contributed by atoms with Crippen molar-refractivity contribution in [1.29, 1.82) is 0 Å². The van der Waals surface area contributed by atoms with E-state index in [1.54, 1.807) is 24.3 Å². The van der Waals surface area contributed by atoms with E-state index in [-0.39, 0.29) is 12.2 Å². The summed E-state index contributed by atoms with van der Waals surface area (Å²) in [5.74, 6) is -2.28. The van der Waals surface area contributed by atoms with Gasteiger partial charge in [0.15, 0.2) is 0 Å². The second-order valence-electron chi connectivity index (χ2n) is 9.01. The van der Waals surface area contributed by atoms with E-state index in [0.717, 1.165) is 43.4 Å². The van der Waals surface area contributed by atoms with Crippen LogP contribution >= 0.6 is 0 Å². The SMILES string of the molecule is CCCCCCCc1ccc(-c2ccc(OC(=O)CC(CCCCCC)C(F)(F)F)cc2)nc1. The van der Waals surface area contributed by atoms with Crippen molar-refractivity contribution in [3.8, 4) is 17.0 Å². The summed E-state index contributed by atoms with van der Waals surface area (Å²) >= 11 is 0. The van der Waals surface area contributed by atoms with E-state index in [1.807, 2.05) is 19.2 Å². The molecular weight excluding hydrogens is 439 g/mol. The normalized spacial score (nSPS) is 12.5. The van der Waals surface area contributed by atoms with Crippen molar-refractivity contribution < 1.29 is 22.7 Å². The molecule has 0 fully saturated rings. The van der Waals surface area contributed by atoms with Crippen LogP contribution in [0.3, 0.4) is 0 Å². The Morgan fingerprint density at radius 2 is 1.53 bits per heavy atom. The van der Waals surface area contributed by atoms with Crippen LogP contribution < -0.4 is 4.74 Å². The minimum atomic E-state index is -4.40. The summed E-state index contributed by atoms with van der Waals surface area (Å²) in [6.45, 7) is 4.21. The van der Waals surface area contributed by atoms with Gasteiger partial charge < -0.3 is 4.74 Å². The molecule has 34 heavy (non-hydrogen) atoms. The molecule has 188 valence electrons. The molecule has 1 aromatic carbocycles. The second kappa shape index (κ2) is 14.8. The lowest BCUT2D eigenvalue weighted by atomic mass is 9.97. The Morgan fingerprint density at radius 1 is 0.882 bits per heavy atom. The second-order valence-corrected chi connectivity index (χ2v) is 9.01. The number of alkyl halides is 3. The van der Waals surface area contributed by atoms with Gasteiger partial charge in [-0.1, -0.05) is 71.3 Å². The summed E-state index contributed by atoms with van der Waals surface area (Å²) < 4.78 is 45.1. The van der Waals surface area contributed by atoms with Crippen LogP contribution in [0.5, 0.6) is 5.75 Å². The Morgan fingerprint density at radius 3 is 2.12 bits per heavy atom. The minimum absolute atomic E-state index is 0.0437. The number of aryl methyl sites for hydroxylation is 1. The first-order chi connectivity index (χ1) is 16.3. The number of hydrogen-bond donors (Lipinski definition) is 0. The molecule has 0 saturated heterocycles. The van der Waals surface area contributed by atoms with Crippen LogP contribution in [0.2, 0.25) is 0 Å². The third-order valence-electron chi connectivity index (χ3n) is 6.06. The largest absolute Gasteiger partial charge is 0.427 e. The highest BCUT2D eigenvalue weighted by Crippen LogP contribution is 2.33. The van der Waals surface area contributed by atoms with Crippen LogP contribution in [0.4, 0.5) is 13.2 Å². The number of rotatable bonds is 15. The smallest absolute Gasteiger partial charge is 0.392 e. The molecule has 1 unspecified atom stereocenters. The Labute approximate surface area is 202 Å². The molecule has 0 amide bonds. The number of pyridine rings is 1. The minimum Gasteiger partial charge on any atom is -0.427 e. The average Bonchev–Trinajstić information content (AvgIpc) is 2.81. The molecule has 3 nitrogen and oxygen atoms in total. The van der Waals surface area contributed by atoms with Crippen LogP contribution in [-0.2, 0) is 11.2 Å². The van der Waals surface area contributed by atoms with E-state index in [2.05, 4.69) is 18.0 Å². The quantitative estimate of drug-likeness (QED) is 0.146. The molecule has 0 N–H and O–H groups in total. The third kappa shape index (κ3) is 10.3. The van der Waals surface area contributed by atoms with Crippen LogP contribution in [0.25, 0.3) is 11.3 Å². The van der Waals surface area contributed by atoms with Crippen LogP contribution in [-0.4, -0.2) is 17.1 Å². The van der Waals surface area contributed by atoms with Gasteiger partial charge in [-0.3, -0.25) is 9.78 Å². The highest BCUT2D eigenvalue weighted by atomic mass is 19.4. The van der Waals surface area contributed by atoms with Crippen LogP contribution in [0, 0.1) is 5.92 Å². The topological polar surface area (TPSA) is 39.2 Å². The fourth-order valence-electron chi connectivity index (χ4n) is 3.94. The van der Waals surface area contributed by atoms with Gasteiger partial charge in [0.25, 0.3) is 0 Å². The van der Waals surface area contributed by atoms with Gasteiger partial charge in [-0.15, -0.1) is 0 Å². The summed E-state index contributed by atoms with van der Waals surface area (Å²) in [6, 6.07) is 10.8. The molecule has 0 spiro atoms. The van der Waals surface area contributed by atoms with E-state index in [4.69, 9.17) is 4.74 Å². The maximum Gasteiger partial charge on any atom is 0.392 e. The van der Waals surface area contributed by atoms with Crippen molar-refractivity contribution in [1.82, 2.24) is 4.98 Å². The highest BCUT2D eigenvalue weighted by molar-refractivity contribution is 5.73. The van der Waals surface area contributed by atoms with Gasteiger partial charge in [-0.25, -0.2) is 0 Å². The number of aromatic nitrogens is 1. The van der Waals surface area contributed by atoms with Gasteiger partial charge in [0.2, 0.25) is 0 Å². The molecule has 0 saturated carbocycles. The molecule has 0 bridgehead atoms. The van der Waals surface area contributed by atoms with Crippen molar-refractivity contribution >= 4 is 5.97 Å². The van der Waals surface area contributed by atoms with Crippen LogP contribution in [0.1, 0.15) is 90.0 Å². The first-order valence-electron chi connectivity index (χ1n) is 12.7. The van der Waals surface area contributed by atoms with E-state index >= 15 is 0 Å². The molecule has 1 heterocycles. The summed E-state index contributed by atoms with van der Waals surface area (Å²) in [6.07, 6.45) is 7.06. The number of benzene rings is 1. The summed E-state index contributed by atoms with van der Waals surface area (Å²) in [4.78, 5) is 16.7. The maximum absolute atomic E-state index is 13.3. The fourth-order valence-corrected chi connectivity index (χ4v) is 3.94. The number of carbonyl (C=O) groups excluding carboxylic acids is 1. The van der Waals surface area contributed by atoms with Crippen molar-refractivity contribution in [2.24, 2.45) is 5.92 Å². The van der Waals surface area contributed by atoms with Crippen molar-refractivity contribution in [3.05, 3.63) is 48.2 Å². The molecule has 0 aliphatic carbocycles. The third-order valence-corrected chi connectivity index (χ3v) is 6.06. The number of ether oxygens (including phenoxy) is 1. The van der Waals surface area contributed by atoms with Crippen LogP contribution in [0.15, 0.2) is 42.6 Å². The molecule has 0 aliphatic rings. The number of halogens is 3. The summed E-state index contributed by atoms with van der Waals surface area (Å²) in [5, 5.41) is 0. The Kier molecular flexibility index (Phi) is 12.1. The molecular formula is C28H38F3NO2. The average molecular weight is 478 g/mol. The lowest BCUT2D eigenvalue weighted by molar-refractivity contribution is -0.183. The number of carbonyl (C=O) groups is 1. The van der Waals surface area contributed by atoms with E-state index in [9.17, 15) is 18.0 Å². The molecule has 1 aromatic heterocycles. The Bertz CT molecular complexity index is 832. The zero-order valence-corrected chi connectivity index (χ0v) is 20.5. The predicted molar refractivity (Wildman–Crippen MR) is 131 cm³/mol. The predicted octanol–water partition coefficient (Wildman–Crippen LogP) is 8.71. The van der Waals surface area contributed by atoms with Gasteiger partial charge in [-0.2, -0.15) is 13.2 Å². The monoisotopic (exact) mass is 477 g/mol. The molecule has 2 rings (SSSR count). The van der Waals surface area contributed by atoms with Gasteiger partial charge in [0.1, 0.15) is 5.75 Å². The Balaban J connectivity index is 1.86. The van der Waals surface area contributed by atoms with Gasteiger partial charge in [0, 0.05) is 11.8 Å². The van der Waals surface area contributed by atoms with Crippen molar-refractivity contribution in [2.75, 3.05) is 0 Å². The molecule has 2 aromatic rings. The highest BCUT2D eigenvalue weighted by Gasteiger charge is 2.40.